The number of halogens is 2. The summed E-state index contributed by atoms with van der Waals surface area (Å²) in [5.74, 6) is -0.279. The van der Waals surface area contributed by atoms with E-state index in [-0.39, 0.29) is 30.2 Å². The number of rotatable bonds is 7. The van der Waals surface area contributed by atoms with Gasteiger partial charge in [0.1, 0.15) is 5.82 Å². The molecule has 2 aromatic carbocycles. The Labute approximate surface area is 173 Å². The highest BCUT2D eigenvalue weighted by Gasteiger charge is 2.30. The molecule has 0 spiro atoms. The van der Waals surface area contributed by atoms with Crippen LogP contribution in [0.3, 0.4) is 0 Å². The molecule has 1 aliphatic rings. The molecule has 0 radical (unpaired) electrons. The maximum absolute atomic E-state index is 14.4. The fourth-order valence-corrected chi connectivity index (χ4v) is 3.85. The molecule has 1 aliphatic heterocycles. The quantitative estimate of drug-likeness (QED) is 0.641. The molecular weight excluding hydrogens is 375 g/mol. The minimum atomic E-state index is -0.312. The van der Waals surface area contributed by atoms with Gasteiger partial charge in [-0.25, -0.2) is 4.39 Å². The number of para-hydroxylation sites is 1. The first kappa shape index (κ1) is 22.4. The molecule has 0 aliphatic carbocycles. The van der Waals surface area contributed by atoms with Crippen molar-refractivity contribution < 1.29 is 9.18 Å². The molecule has 0 N–H and O–H groups in total. The molecule has 5 heteroatoms. The molecule has 1 saturated heterocycles. The molecule has 0 unspecified atom stereocenters. The predicted octanol–water partition coefficient (Wildman–Crippen LogP) is 5.09. The number of likely N-dealkylation sites (tertiary alicyclic amines) is 1. The van der Waals surface area contributed by atoms with Crippen molar-refractivity contribution in [2.24, 2.45) is 0 Å². The van der Waals surface area contributed by atoms with Gasteiger partial charge >= 0.3 is 0 Å². The van der Waals surface area contributed by atoms with Gasteiger partial charge in [-0.1, -0.05) is 49.4 Å². The molecule has 1 fully saturated rings. The summed E-state index contributed by atoms with van der Waals surface area (Å²) >= 11 is 0. The maximum atomic E-state index is 14.4. The van der Waals surface area contributed by atoms with Crippen molar-refractivity contribution in [3.8, 4) is 0 Å². The highest BCUT2D eigenvalue weighted by molar-refractivity contribution is 5.94. The lowest BCUT2D eigenvalue weighted by atomic mass is 10.0. The minimum Gasteiger partial charge on any atom is -0.306 e. The second-order valence-electron chi connectivity index (χ2n) is 7.27. The van der Waals surface area contributed by atoms with Crippen LogP contribution < -0.4 is 4.90 Å². The first-order chi connectivity index (χ1) is 13.2. The lowest BCUT2D eigenvalue weighted by Gasteiger charge is -2.38. The fourth-order valence-electron chi connectivity index (χ4n) is 3.85. The van der Waals surface area contributed by atoms with E-state index in [9.17, 15) is 9.18 Å². The highest BCUT2D eigenvalue weighted by atomic mass is 35.5. The first-order valence-corrected chi connectivity index (χ1v) is 10.0. The number of piperidine rings is 1. The maximum Gasteiger partial charge on any atom is 0.227 e. The Morgan fingerprint density at radius 2 is 1.71 bits per heavy atom. The standard InChI is InChI=1S/C23H29FN2O.ClH/c1-2-8-23(27)26(22-12-7-6-11-21(22)24)20-14-17-25(18-15-20)16-13-19-9-4-3-5-10-19;/h3-7,9-12,20H,2,8,13-18H2,1H3;1H. The van der Waals surface area contributed by atoms with E-state index in [4.69, 9.17) is 0 Å². The van der Waals surface area contributed by atoms with Crippen LogP contribution >= 0.6 is 12.4 Å². The van der Waals surface area contributed by atoms with Crippen molar-refractivity contribution >= 4 is 24.0 Å². The van der Waals surface area contributed by atoms with E-state index in [1.54, 1.807) is 23.1 Å². The third-order valence-electron chi connectivity index (χ3n) is 5.33. The zero-order valence-corrected chi connectivity index (χ0v) is 17.3. The van der Waals surface area contributed by atoms with E-state index in [1.165, 1.54) is 11.6 Å². The number of nitrogens with zero attached hydrogens (tertiary/aromatic N) is 2. The lowest BCUT2D eigenvalue weighted by Crippen LogP contribution is -2.48. The fraction of sp³-hybridized carbons (Fsp3) is 0.435. The first-order valence-electron chi connectivity index (χ1n) is 10.0. The van der Waals surface area contributed by atoms with Crippen LogP contribution in [0, 0.1) is 5.82 Å². The number of anilines is 1. The van der Waals surface area contributed by atoms with E-state index in [0.717, 1.165) is 45.3 Å². The number of amides is 1. The van der Waals surface area contributed by atoms with Crippen molar-refractivity contribution in [1.82, 2.24) is 4.90 Å². The predicted molar refractivity (Wildman–Crippen MR) is 116 cm³/mol. The van der Waals surface area contributed by atoms with Crippen LogP contribution in [0.1, 0.15) is 38.2 Å². The molecule has 0 aromatic heterocycles. The second kappa shape index (κ2) is 11.2. The van der Waals surface area contributed by atoms with Gasteiger partial charge in [-0.05, 0) is 43.4 Å². The third-order valence-corrected chi connectivity index (χ3v) is 5.33. The van der Waals surface area contributed by atoms with Crippen molar-refractivity contribution in [3.63, 3.8) is 0 Å². The molecule has 0 saturated carbocycles. The Kier molecular flexibility index (Phi) is 8.94. The molecule has 28 heavy (non-hydrogen) atoms. The Morgan fingerprint density at radius 1 is 1.07 bits per heavy atom. The Morgan fingerprint density at radius 3 is 2.36 bits per heavy atom. The van der Waals surface area contributed by atoms with Crippen LogP contribution in [0.25, 0.3) is 0 Å². The summed E-state index contributed by atoms with van der Waals surface area (Å²) in [6.07, 6.45) is 4.05. The van der Waals surface area contributed by atoms with Crippen LogP contribution in [0.4, 0.5) is 10.1 Å². The number of carbonyl (C=O) groups is 1. The van der Waals surface area contributed by atoms with Gasteiger partial charge in [0, 0.05) is 32.1 Å². The molecule has 1 amide bonds. The SMILES string of the molecule is CCCC(=O)N(c1ccccc1F)C1CCN(CCc2ccccc2)CC1.Cl. The van der Waals surface area contributed by atoms with Gasteiger partial charge < -0.3 is 9.80 Å². The van der Waals surface area contributed by atoms with E-state index >= 15 is 0 Å². The molecule has 3 nitrogen and oxygen atoms in total. The van der Waals surface area contributed by atoms with Crippen molar-refractivity contribution in [2.75, 3.05) is 24.5 Å². The van der Waals surface area contributed by atoms with Crippen molar-refractivity contribution in [2.45, 2.75) is 45.1 Å². The van der Waals surface area contributed by atoms with E-state index in [1.807, 2.05) is 13.0 Å². The third kappa shape index (κ3) is 5.79. The van der Waals surface area contributed by atoms with Crippen LogP contribution in [0.15, 0.2) is 54.6 Å². The average Bonchev–Trinajstić information content (AvgIpc) is 2.70. The molecule has 152 valence electrons. The topological polar surface area (TPSA) is 23.6 Å². The Balaban J connectivity index is 0.00000280. The smallest absolute Gasteiger partial charge is 0.227 e. The number of benzene rings is 2. The van der Waals surface area contributed by atoms with Gasteiger partial charge in [-0.2, -0.15) is 0 Å². The molecule has 1 heterocycles. The summed E-state index contributed by atoms with van der Waals surface area (Å²) in [6, 6.07) is 17.2. The van der Waals surface area contributed by atoms with E-state index in [0.29, 0.717) is 12.1 Å². The molecule has 3 rings (SSSR count). The van der Waals surface area contributed by atoms with Gasteiger partial charge in [0.15, 0.2) is 0 Å². The normalized spacial score (nSPS) is 15.1. The van der Waals surface area contributed by atoms with Gasteiger partial charge in [0.05, 0.1) is 5.69 Å². The summed E-state index contributed by atoms with van der Waals surface area (Å²) in [7, 11) is 0. The molecule has 2 aromatic rings. The summed E-state index contributed by atoms with van der Waals surface area (Å²) in [6.45, 7) is 4.91. The number of hydrogen-bond acceptors (Lipinski definition) is 2. The summed E-state index contributed by atoms with van der Waals surface area (Å²) < 4.78 is 14.4. The van der Waals surface area contributed by atoms with Crippen LogP contribution in [0.5, 0.6) is 0 Å². The minimum absolute atomic E-state index is 0. The Hall–Kier alpha value is -1.91. The van der Waals surface area contributed by atoms with Gasteiger partial charge in [0.2, 0.25) is 5.91 Å². The average molecular weight is 405 g/mol. The van der Waals surface area contributed by atoms with Crippen LogP contribution in [-0.2, 0) is 11.2 Å². The summed E-state index contributed by atoms with van der Waals surface area (Å²) in [5, 5.41) is 0. The van der Waals surface area contributed by atoms with Gasteiger partial charge in [-0.3, -0.25) is 4.79 Å². The Bertz CT molecular complexity index is 732. The number of hydrogen-bond donors (Lipinski definition) is 0. The lowest BCUT2D eigenvalue weighted by molar-refractivity contribution is -0.119. The highest BCUT2D eigenvalue weighted by Crippen LogP contribution is 2.27. The molecule has 0 atom stereocenters. The van der Waals surface area contributed by atoms with E-state index < -0.39 is 0 Å². The summed E-state index contributed by atoms with van der Waals surface area (Å²) in [5.41, 5.74) is 1.78. The van der Waals surface area contributed by atoms with Gasteiger partial charge in [-0.15, -0.1) is 12.4 Å². The molecule has 0 bridgehead atoms. The van der Waals surface area contributed by atoms with Crippen LogP contribution in [-0.4, -0.2) is 36.5 Å². The number of carbonyl (C=O) groups excluding carboxylic acids is 1. The van der Waals surface area contributed by atoms with Crippen molar-refractivity contribution in [1.29, 1.82) is 0 Å². The summed E-state index contributed by atoms with van der Waals surface area (Å²) in [4.78, 5) is 16.9. The van der Waals surface area contributed by atoms with E-state index in [2.05, 4.69) is 29.2 Å². The zero-order valence-electron chi connectivity index (χ0n) is 16.5. The van der Waals surface area contributed by atoms with Crippen LogP contribution in [0.2, 0.25) is 0 Å². The monoisotopic (exact) mass is 404 g/mol. The largest absolute Gasteiger partial charge is 0.306 e. The molecular formula is C23H30ClFN2O. The van der Waals surface area contributed by atoms with Crippen molar-refractivity contribution in [3.05, 3.63) is 66.0 Å². The second-order valence-corrected chi connectivity index (χ2v) is 7.27. The zero-order chi connectivity index (χ0) is 19.1. The van der Waals surface area contributed by atoms with Gasteiger partial charge in [0.25, 0.3) is 0 Å².